The number of hydrogen-bond acceptors (Lipinski definition) is 7. The van der Waals surface area contributed by atoms with Gasteiger partial charge in [0.1, 0.15) is 12.0 Å². The van der Waals surface area contributed by atoms with Gasteiger partial charge in [0, 0.05) is 43.5 Å². The molecule has 0 saturated carbocycles. The Kier molecular flexibility index (Phi) is 6.70. The van der Waals surface area contributed by atoms with Crippen LogP contribution in [0, 0.1) is 24.0 Å². The van der Waals surface area contributed by atoms with Gasteiger partial charge in [0.15, 0.2) is 0 Å². The highest BCUT2D eigenvalue weighted by molar-refractivity contribution is 7.92. The lowest BCUT2D eigenvalue weighted by molar-refractivity contribution is -0.385. The van der Waals surface area contributed by atoms with E-state index in [9.17, 15) is 23.3 Å². The number of rotatable bonds is 6. The molecular formula is C24H25N5O5S. The van der Waals surface area contributed by atoms with Crippen molar-refractivity contribution >= 4 is 33.1 Å². The molecule has 11 heteroatoms. The zero-order valence-electron chi connectivity index (χ0n) is 19.3. The quantitative estimate of drug-likeness (QED) is 0.410. The molecule has 1 aliphatic heterocycles. The Bertz CT molecular complexity index is 1370. The lowest BCUT2D eigenvalue weighted by Crippen LogP contribution is -2.49. The summed E-state index contributed by atoms with van der Waals surface area (Å²) in [6.07, 6.45) is 1.22. The summed E-state index contributed by atoms with van der Waals surface area (Å²) in [6.45, 7) is 5.47. The lowest BCUT2D eigenvalue weighted by Gasteiger charge is -2.35. The first kappa shape index (κ1) is 24.1. The zero-order chi connectivity index (χ0) is 25.2. The van der Waals surface area contributed by atoms with Gasteiger partial charge in [-0.05, 0) is 55.3 Å². The van der Waals surface area contributed by atoms with Crippen LogP contribution >= 0.6 is 0 Å². The highest BCUT2D eigenvalue weighted by Crippen LogP contribution is 2.23. The fourth-order valence-corrected chi connectivity index (χ4v) is 4.98. The molecule has 0 aliphatic carbocycles. The highest BCUT2D eigenvalue weighted by atomic mass is 32.2. The molecule has 35 heavy (non-hydrogen) atoms. The van der Waals surface area contributed by atoms with Gasteiger partial charge in [-0.2, -0.15) is 0 Å². The average molecular weight is 496 g/mol. The predicted octanol–water partition coefficient (Wildman–Crippen LogP) is 3.37. The summed E-state index contributed by atoms with van der Waals surface area (Å²) in [5.74, 6) is 0.362. The van der Waals surface area contributed by atoms with Crippen molar-refractivity contribution < 1.29 is 18.1 Å². The molecule has 2 aromatic carbocycles. The Morgan fingerprint density at radius 3 is 2.40 bits per heavy atom. The maximum absolute atomic E-state index is 13.3. The van der Waals surface area contributed by atoms with E-state index in [1.54, 1.807) is 42.2 Å². The molecule has 0 radical (unpaired) electrons. The first-order chi connectivity index (χ1) is 16.6. The van der Waals surface area contributed by atoms with Gasteiger partial charge in [-0.3, -0.25) is 19.6 Å². The molecule has 0 atom stereocenters. The second-order valence-electron chi connectivity index (χ2n) is 8.36. The third-order valence-electron chi connectivity index (χ3n) is 5.85. The Balaban J connectivity index is 1.47. The number of aromatic nitrogens is 1. The Morgan fingerprint density at radius 2 is 1.77 bits per heavy atom. The fourth-order valence-electron chi connectivity index (χ4n) is 3.90. The van der Waals surface area contributed by atoms with Crippen molar-refractivity contribution in [3.8, 4) is 0 Å². The topological polar surface area (TPSA) is 126 Å². The number of aryl methyl sites for hydroxylation is 2. The maximum atomic E-state index is 13.3. The number of nitro groups is 1. The zero-order valence-corrected chi connectivity index (χ0v) is 20.2. The Labute approximate surface area is 203 Å². The van der Waals surface area contributed by atoms with E-state index in [2.05, 4.69) is 9.71 Å². The average Bonchev–Trinajstić information content (AvgIpc) is 2.83. The van der Waals surface area contributed by atoms with Crippen LogP contribution in [0.15, 0.2) is 65.7 Å². The smallest absolute Gasteiger partial charge is 0.287 e. The monoisotopic (exact) mass is 495 g/mol. The van der Waals surface area contributed by atoms with Gasteiger partial charge in [-0.25, -0.2) is 13.4 Å². The fraction of sp³-hybridized carbons (Fsp3) is 0.250. The van der Waals surface area contributed by atoms with Gasteiger partial charge in [0.25, 0.3) is 21.6 Å². The molecule has 182 valence electrons. The van der Waals surface area contributed by atoms with E-state index in [1.165, 1.54) is 24.4 Å². The van der Waals surface area contributed by atoms with Crippen LogP contribution in [-0.4, -0.2) is 55.3 Å². The SMILES string of the molecule is Cc1cccc(NS(=O)(=O)c2ccc(C)c(C(=O)N3CCN(c4ccc([N+](=O)[O-])cn4)CC3)c2)c1. The van der Waals surface area contributed by atoms with Crippen molar-refractivity contribution in [1.29, 1.82) is 0 Å². The molecule has 0 spiro atoms. The number of benzene rings is 2. The van der Waals surface area contributed by atoms with E-state index in [4.69, 9.17) is 0 Å². The van der Waals surface area contributed by atoms with E-state index in [-0.39, 0.29) is 16.5 Å². The van der Waals surface area contributed by atoms with Gasteiger partial charge >= 0.3 is 0 Å². The molecule has 3 aromatic rings. The molecule has 1 aliphatic rings. The number of piperazine rings is 1. The number of nitrogens with zero attached hydrogens (tertiary/aromatic N) is 4. The van der Waals surface area contributed by atoms with Gasteiger partial charge < -0.3 is 9.80 Å². The van der Waals surface area contributed by atoms with Crippen molar-refractivity contribution in [2.45, 2.75) is 18.7 Å². The van der Waals surface area contributed by atoms with Gasteiger partial charge in [-0.15, -0.1) is 0 Å². The number of anilines is 2. The van der Waals surface area contributed by atoms with Crippen molar-refractivity contribution in [2.75, 3.05) is 35.8 Å². The van der Waals surface area contributed by atoms with Crippen LogP contribution in [0.1, 0.15) is 21.5 Å². The molecule has 1 amide bonds. The molecule has 10 nitrogen and oxygen atoms in total. The van der Waals surface area contributed by atoms with Gasteiger partial charge in [0.2, 0.25) is 0 Å². The van der Waals surface area contributed by atoms with Crippen LogP contribution in [0.5, 0.6) is 0 Å². The lowest BCUT2D eigenvalue weighted by atomic mass is 10.1. The maximum Gasteiger partial charge on any atom is 0.287 e. The van der Waals surface area contributed by atoms with Crippen LogP contribution in [-0.2, 0) is 10.0 Å². The Morgan fingerprint density at radius 1 is 1.03 bits per heavy atom. The van der Waals surface area contributed by atoms with Gasteiger partial charge in [-0.1, -0.05) is 18.2 Å². The van der Waals surface area contributed by atoms with E-state index in [1.807, 2.05) is 17.9 Å². The highest BCUT2D eigenvalue weighted by Gasteiger charge is 2.26. The minimum Gasteiger partial charge on any atom is -0.353 e. The number of nitrogens with one attached hydrogen (secondary N) is 1. The minimum atomic E-state index is -3.87. The predicted molar refractivity (Wildman–Crippen MR) is 132 cm³/mol. The summed E-state index contributed by atoms with van der Waals surface area (Å²) in [5, 5.41) is 10.8. The summed E-state index contributed by atoms with van der Waals surface area (Å²) < 4.78 is 28.5. The first-order valence-electron chi connectivity index (χ1n) is 11.0. The molecule has 1 fully saturated rings. The summed E-state index contributed by atoms with van der Waals surface area (Å²) in [4.78, 5) is 31.4. The van der Waals surface area contributed by atoms with Crippen molar-refractivity contribution in [3.63, 3.8) is 0 Å². The standard InChI is InChI=1S/C24H25N5O5S/c1-17-4-3-5-19(14-17)26-35(33,34)21-8-6-18(2)22(15-21)24(30)28-12-10-27(11-13-28)23-9-7-20(16-25-23)29(31)32/h3-9,14-16,26H,10-13H2,1-2H3. The van der Waals surface area contributed by atoms with Crippen LogP contribution in [0.4, 0.5) is 17.2 Å². The largest absolute Gasteiger partial charge is 0.353 e. The number of amides is 1. The van der Waals surface area contributed by atoms with Crippen LogP contribution in [0.25, 0.3) is 0 Å². The molecule has 0 bridgehead atoms. The number of sulfonamides is 1. The molecule has 4 rings (SSSR count). The molecule has 0 unspecified atom stereocenters. The molecule has 1 N–H and O–H groups in total. The number of hydrogen-bond donors (Lipinski definition) is 1. The molecule has 1 aromatic heterocycles. The summed E-state index contributed by atoms with van der Waals surface area (Å²) in [6, 6.07) is 14.6. The summed E-state index contributed by atoms with van der Waals surface area (Å²) in [5.41, 5.74) is 2.32. The number of carbonyl (C=O) groups excluding carboxylic acids is 1. The first-order valence-corrected chi connectivity index (χ1v) is 12.5. The number of pyridine rings is 1. The number of carbonyl (C=O) groups is 1. The Hall–Kier alpha value is -3.99. The van der Waals surface area contributed by atoms with E-state index >= 15 is 0 Å². The third-order valence-corrected chi connectivity index (χ3v) is 7.23. The van der Waals surface area contributed by atoms with E-state index < -0.39 is 14.9 Å². The molecule has 2 heterocycles. The van der Waals surface area contributed by atoms with Gasteiger partial charge in [0.05, 0.1) is 9.82 Å². The summed E-state index contributed by atoms with van der Waals surface area (Å²) in [7, 11) is -3.87. The molecule has 1 saturated heterocycles. The van der Waals surface area contributed by atoms with Crippen LogP contribution < -0.4 is 9.62 Å². The van der Waals surface area contributed by atoms with E-state index in [0.29, 0.717) is 48.8 Å². The van der Waals surface area contributed by atoms with Crippen LogP contribution in [0.3, 0.4) is 0 Å². The second kappa shape index (κ2) is 9.71. The van der Waals surface area contributed by atoms with E-state index in [0.717, 1.165) is 5.56 Å². The summed E-state index contributed by atoms with van der Waals surface area (Å²) >= 11 is 0. The normalized spacial score (nSPS) is 14.0. The van der Waals surface area contributed by atoms with Crippen molar-refractivity contribution in [3.05, 3.63) is 87.6 Å². The van der Waals surface area contributed by atoms with Crippen molar-refractivity contribution in [2.24, 2.45) is 0 Å². The third kappa shape index (κ3) is 5.40. The van der Waals surface area contributed by atoms with Crippen molar-refractivity contribution in [1.82, 2.24) is 9.88 Å². The molecular weight excluding hydrogens is 470 g/mol. The second-order valence-corrected chi connectivity index (χ2v) is 10.0. The minimum absolute atomic E-state index is 0.0154. The van der Waals surface area contributed by atoms with Crippen LogP contribution in [0.2, 0.25) is 0 Å².